The summed E-state index contributed by atoms with van der Waals surface area (Å²) >= 11 is 0. The smallest absolute Gasteiger partial charge is 0.0951 e. The molecule has 19 heavy (non-hydrogen) atoms. The van der Waals surface area contributed by atoms with Crippen LogP contribution >= 0.6 is 0 Å². The van der Waals surface area contributed by atoms with Crippen molar-refractivity contribution < 1.29 is 0 Å². The van der Waals surface area contributed by atoms with Gasteiger partial charge < -0.3 is 9.88 Å². The number of rotatable bonds is 3. The Morgan fingerprint density at radius 1 is 1.32 bits per heavy atom. The molecule has 1 aliphatic heterocycles. The molecule has 3 rings (SSSR count). The van der Waals surface area contributed by atoms with Gasteiger partial charge in [-0.15, -0.1) is 0 Å². The molecule has 100 valence electrons. The third-order valence-electron chi connectivity index (χ3n) is 3.78. The fourth-order valence-corrected chi connectivity index (χ4v) is 2.78. The van der Waals surface area contributed by atoms with Crippen LogP contribution < -0.4 is 5.32 Å². The highest BCUT2D eigenvalue weighted by atomic mass is 15.1. The summed E-state index contributed by atoms with van der Waals surface area (Å²) in [6.07, 6.45) is 6.35. The van der Waals surface area contributed by atoms with Crippen molar-refractivity contribution in [2.75, 3.05) is 13.1 Å². The molecule has 0 aliphatic carbocycles. The minimum atomic E-state index is 0.633. The number of aryl methyl sites for hydroxylation is 1. The molecular formula is C15H20N4. The largest absolute Gasteiger partial charge is 0.328 e. The lowest BCUT2D eigenvalue weighted by molar-refractivity contribution is 0.442. The van der Waals surface area contributed by atoms with Crippen molar-refractivity contribution in [2.24, 2.45) is 0 Å². The minimum absolute atomic E-state index is 0.633. The number of nitrogens with one attached hydrogen (secondary N) is 1. The van der Waals surface area contributed by atoms with Gasteiger partial charge in [0.2, 0.25) is 0 Å². The lowest BCUT2D eigenvalue weighted by atomic mass is 9.95. The average Bonchev–Trinajstić information content (AvgIpc) is 2.88. The van der Waals surface area contributed by atoms with Gasteiger partial charge in [-0.1, -0.05) is 6.07 Å². The second-order valence-electron chi connectivity index (χ2n) is 5.24. The summed E-state index contributed by atoms with van der Waals surface area (Å²) in [6.45, 7) is 5.07. The van der Waals surface area contributed by atoms with Crippen LogP contribution in [0.4, 0.5) is 0 Å². The Morgan fingerprint density at radius 2 is 2.16 bits per heavy atom. The first-order valence-corrected chi connectivity index (χ1v) is 6.96. The van der Waals surface area contributed by atoms with Crippen LogP contribution in [0.3, 0.4) is 0 Å². The van der Waals surface area contributed by atoms with Crippen molar-refractivity contribution >= 4 is 0 Å². The highest BCUT2D eigenvalue weighted by Crippen LogP contribution is 2.25. The predicted molar refractivity (Wildman–Crippen MR) is 75.1 cm³/mol. The van der Waals surface area contributed by atoms with E-state index in [9.17, 15) is 0 Å². The molecule has 2 aromatic heterocycles. The zero-order valence-corrected chi connectivity index (χ0v) is 11.3. The zero-order chi connectivity index (χ0) is 13.1. The Kier molecular flexibility index (Phi) is 3.60. The van der Waals surface area contributed by atoms with Crippen molar-refractivity contribution in [1.82, 2.24) is 19.9 Å². The van der Waals surface area contributed by atoms with E-state index in [1.165, 1.54) is 18.5 Å². The number of nitrogens with zero attached hydrogens (tertiary/aromatic N) is 3. The van der Waals surface area contributed by atoms with E-state index >= 15 is 0 Å². The Balaban J connectivity index is 1.80. The fourth-order valence-electron chi connectivity index (χ4n) is 2.78. The molecule has 0 unspecified atom stereocenters. The van der Waals surface area contributed by atoms with Gasteiger partial charge >= 0.3 is 0 Å². The van der Waals surface area contributed by atoms with E-state index in [0.29, 0.717) is 5.92 Å². The van der Waals surface area contributed by atoms with Crippen LogP contribution in [0.5, 0.6) is 0 Å². The second kappa shape index (κ2) is 5.53. The van der Waals surface area contributed by atoms with E-state index in [1.54, 1.807) is 0 Å². The predicted octanol–water partition coefficient (Wildman–Crippen LogP) is 2.10. The lowest BCUT2D eigenvalue weighted by Crippen LogP contribution is -2.27. The van der Waals surface area contributed by atoms with Gasteiger partial charge in [-0.2, -0.15) is 0 Å². The average molecular weight is 256 g/mol. The van der Waals surface area contributed by atoms with Crippen molar-refractivity contribution in [3.8, 4) is 0 Å². The van der Waals surface area contributed by atoms with Gasteiger partial charge in [-0.05, 0) is 45.0 Å². The van der Waals surface area contributed by atoms with Crippen LogP contribution in [0, 0.1) is 6.92 Å². The molecule has 0 radical (unpaired) electrons. The molecule has 1 aliphatic rings. The second-order valence-corrected chi connectivity index (χ2v) is 5.24. The summed E-state index contributed by atoms with van der Waals surface area (Å²) in [7, 11) is 0. The molecule has 3 heterocycles. The maximum absolute atomic E-state index is 4.57. The fraction of sp³-hybridized carbons (Fsp3) is 0.467. The molecule has 0 aromatic carbocycles. The molecular weight excluding hydrogens is 236 g/mol. The van der Waals surface area contributed by atoms with E-state index in [4.69, 9.17) is 0 Å². The summed E-state index contributed by atoms with van der Waals surface area (Å²) in [5, 5.41) is 3.41. The lowest BCUT2D eigenvalue weighted by Gasteiger charge is -2.23. The van der Waals surface area contributed by atoms with E-state index < -0.39 is 0 Å². The first kappa shape index (κ1) is 12.4. The van der Waals surface area contributed by atoms with E-state index in [1.807, 2.05) is 25.5 Å². The van der Waals surface area contributed by atoms with Crippen molar-refractivity contribution in [3.05, 3.63) is 47.8 Å². The van der Waals surface area contributed by atoms with E-state index in [-0.39, 0.29) is 0 Å². The Morgan fingerprint density at radius 3 is 2.95 bits per heavy atom. The van der Waals surface area contributed by atoms with Crippen LogP contribution in [0.15, 0.2) is 30.7 Å². The van der Waals surface area contributed by atoms with Crippen LogP contribution in [0.25, 0.3) is 0 Å². The molecule has 2 aromatic rings. The Labute approximate surface area is 113 Å². The molecule has 0 atom stereocenters. The van der Waals surface area contributed by atoms with Crippen LogP contribution in [-0.2, 0) is 6.54 Å². The minimum Gasteiger partial charge on any atom is -0.328 e. The zero-order valence-electron chi connectivity index (χ0n) is 11.3. The molecule has 0 spiro atoms. The summed E-state index contributed by atoms with van der Waals surface area (Å²) < 4.78 is 2.25. The van der Waals surface area contributed by atoms with Crippen molar-refractivity contribution in [3.63, 3.8) is 0 Å². The van der Waals surface area contributed by atoms with Crippen LogP contribution in [0.1, 0.15) is 35.8 Å². The number of pyridine rings is 1. The molecule has 0 saturated carbocycles. The van der Waals surface area contributed by atoms with Gasteiger partial charge in [0.15, 0.2) is 0 Å². The van der Waals surface area contributed by atoms with Crippen LogP contribution in [-0.4, -0.2) is 27.6 Å². The topological polar surface area (TPSA) is 42.7 Å². The first-order valence-electron chi connectivity index (χ1n) is 6.96. The Bertz CT molecular complexity index is 541. The normalized spacial score (nSPS) is 16.7. The first-order chi connectivity index (χ1) is 9.33. The summed E-state index contributed by atoms with van der Waals surface area (Å²) in [4.78, 5) is 8.90. The number of piperidine rings is 1. The maximum Gasteiger partial charge on any atom is 0.0951 e. The van der Waals surface area contributed by atoms with E-state index in [2.05, 4.69) is 32.0 Å². The van der Waals surface area contributed by atoms with Crippen molar-refractivity contribution in [1.29, 1.82) is 0 Å². The molecule has 1 N–H and O–H groups in total. The van der Waals surface area contributed by atoms with Gasteiger partial charge in [0.25, 0.3) is 0 Å². The van der Waals surface area contributed by atoms with Crippen LogP contribution in [0.2, 0.25) is 0 Å². The van der Waals surface area contributed by atoms with Gasteiger partial charge in [-0.25, -0.2) is 4.98 Å². The van der Waals surface area contributed by atoms with Gasteiger partial charge in [0.05, 0.1) is 18.6 Å². The molecule has 4 nitrogen and oxygen atoms in total. The maximum atomic E-state index is 4.57. The third kappa shape index (κ3) is 2.84. The number of hydrogen-bond donors (Lipinski definition) is 1. The number of hydrogen-bond acceptors (Lipinski definition) is 3. The molecule has 0 amide bonds. The quantitative estimate of drug-likeness (QED) is 0.914. The van der Waals surface area contributed by atoms with Gasteiger partial charge in [-0.3, -0.25) is 4.98 Å². The SMILES string of the molecule is Cc1cccc(Cn2cncc2C2CCNCC2)n1. The molecule has 1 fully saturated rings. The van der Waals surface area contributed by atoms with Gasteiger partial charge in [0.1, 0.15) is 0 Å². The highest BCUT2D eigenvalue weighted by molar-refractivity contribution is 5.14. The monoisotopic (exact) mass is 256 g/mol. The molecule has 1 saturated heterocycles. The van der Waals surface area contributed by atoms with Gasteiger partial charge in [0, 0.05) is 23.5 Å². The Hall–Kier alpha value is -1.68. The summed E-state index contributed by atoms with van der Waals surface area (Å²) in [6, 6.07) is 6.18. The summed E-state index contributed by atoms with van der Waals surface area (Å²) in [5.74, 6) is 0.633. The van der Waals surface area contributed by atoms with E-state index in [0.717, 1.165) is 31.0 Å². The highest BCUT2D eigenvalue weighted by Gasteiger charge is 2.18. The molecule has 0 bridgehead atoms. The summed E-state index contributed by atoms with van der Waals surface area (Å²) in [5.41, 5.74) is 3.53. The number of imidazole rings is 1. The van der Waals surface area contributed by atoms with Crippen molar-refractivity contribution in [2.45, 2.75) is 32.2 Å². The third-order valence-corrected chi connectivity index (χ3v) is 3.78. The standard InChI is InChI=1S/C15H20N4/c1-12-3-2-4-14(18-12)10-19-11-17-9-15(19)13-5-7-16-8-6-13/h2-4,9,11,13,16H,5-8,10H2,1H3. The molecule has 4 heteroatoms. The number of aromatic nitrogens is 3.